The first-order chi connectivity index (χ1) is 7.09. The minimum atomic E-state index is -0.0785. The monoisotopic (exact) mass is 239 g/mol. The van der Waals surface area contributed by atoms with Gasteiger partial charge in [0.1, 0.15) is 15.9 Å². The van der Waals surface area contributed by atoms with Gasteiger partial charge in [-0.1, -0.05) is 0 Å². The van der Waals surface area contributed by atoms with Gasteiger partial charge in [-0.05, 0) is 6.92 Å². The molecular weight excluding hydrogens is 230 g/mol. The number of hydrogen-bond acceptors (Lipinski definition) is 5. The molecule has 78 valence electrons. The van der Waals surface area contributed by atoms with E-state index in [2.05, 4.69) is 22.6 Å². The minimum Gasteiger partial charge on any atom is -0.299 e. The molecule has 0 aromatic carbocycles. The van der Waals surface area contributed by atoms with Gasteiger partial charge >= 0.3 is 0 Å². The molecule has 0 aliphatic rings. The molecule has 2 aromatic heterocycles. The molecule has 15 heavy (non-hydrogen) atoms. The summed E-state index contributed by atoms with van der Waals surface area (Å²) in [7, 11) is 1.70. The Morgan fingerprint density at radius 1 is 1.53 bits per heavy atom. The third-order valence-corrected chi connectivity index (χ3v) is 3.40. The van der Waals surface area contributed by atoms with E-state index >= 15 is 0 Å². The van der Waals surface area contributed by atoms with E-state index in [0.717, 1.165) is 0 Å². The number of thiazole rings is 1. The zero-order chi connectivity index (χ0) is 11.0. The van der Waals surface area contributed by atoms with Crippen LogP contribution >= 0.6 is 24.0 Å². The predicted octanol–water partition coefficient (Wildman–Crippen LogP) is 1.50. The average molecular weight is 239 g/mol. The molecule has 0 amide bonds. The van der Waals surface area contributed by atoms with Crippen molar-refractivity contribution in [2.45, 2.75) is 11.9 Å². The van der Waals surface area contributed by atoms with Crippen LogP contribution in [0.15, 0.2) is 21.4 Å². The Morgan fingerprint density at radius 3 is 2.87 bits per heavy atom. The lowest BCUT2D eigenvalue weighted by Crippen LogP contribution is -2.21. The molecule has 2 heterocycles. The Kier molecular flexibility index (Phi) is 2.62. The van der Waals surface area contributed by atoms with Crippen LogP contribution < -0.4 is 5.56 Å². The van der Waals surface area contributed by atoms with Crippen LogP contribution in [0, 0.1) is 6.92 Å². The number of rotatable bonds is 1. The number of hydrogen-bond donors (Lipinski definition) is 1. The Labute approximate surface area is 96.0 Å². The number of aryl methyl sites for hydroxylation is 1. The fraction of sp³-hybridized carbons (Fsp3) is 0.222. The minimum absolute atomic E-state index is 0.0785. The molecule has 0 aliphatic heterocycles. The highest BCUT2D eigenvalue weighted by atomic mass is 32.1. The van der Waals surface area contributed by atoms with E-state index in [0.29, 0.717) is 21.4 Å². The lowest BCUT2D eigenvalue weighted by molar-refractivity contribution is 0.777. The number of thiol groups is 1. The molecule has 0 aliphatic carbocycles. The van der Waals surface area contributed by atoms with E-state index in [1.54, 1.807) is 25.5 Å². The Balaban J connectivity index is 2.65. The number of aromatic nitrogens is 3. The highest BCUT2D eigenvalue weighted by molar-refractivity contribution is 7.80. The lowest BCUT2D eigenvalue weighted by atomic mass is 10.3. The molecule has 0 saturated heterocycles. The second kappa shape index (κ2) is 3.79. The summed E-state index contributed by atoms with van der Waals surface area (Å²) in [4.78, 5) is 20.1. The van der Waals surface area contributed by atoms with Crippen LogP contribution in [0.25, 0.3) is 10.6 Å². The summed E-state index contributed by atoms with van der Waals surface area (Å²) in [6, 6.07) is 0. The normalized spacial score (nSPS) is 10.6. The van der Waals surface area contributed by atoms with E-state index in [1.165, 1.54) is 15.9 Å². The third-order valence-electron chi connectivity index (χ3n) is 2.12. The lowest BCUT2D eigenvalue weighted by Gasteiger charge is -2.03. The van der Waals surface area contributed by atoms with Crippen LogP contribution in [0.5, 0.6) is 0 Å². The zero-order valence-corrected chi connectivity index (χ0v) is 9.97. The molecular formula is C9H9N3OS2. The van der Waals surface area contributed by atoms with Crippen LogP contribution in [0.4, 0.5) is 0 Å². The number of nitrogens with zero attached hydrogens (tertiary/aromatic N) is 3. The van der Waals surface area contributed by atoms with Gasteiger partial charge in [0, 0.05) is 18.6 Å². The first-order valence-electron chi connectivity index (χ1n) is 4.27. The second-order valence-corrected chi connectivity index (χ2v) is 4.41. The summed E-state index contributed by atoms with van der Waals surface area (Å²) >= 11 is 5.50. The summed E-state index contributed by atoms with van der Waals surface area (Å²) < 4.78 is 1.51. The quantitative estimate of drug-likeness (QED) is 0.767. The Hall–Kier alpha value is -1.14. The van der Waals surface area contributed by atoms with Gasteiger partial charge in [-0.25, -0.2) is 9.97 Å². The third kappa shape index (κ3) is 1.82. The second-order valence-electron chi connectivity index (χ2n) is 3.09. The molecule has 0 bridgehead atoms. The van der Waals surface area contributed by atoms with Gasteiger partial charge in [-0.15, -0.1) is 24.0 Å². The van der Waals surface area contributed by atoms with E-state index in [-0.39, 0.29) is 5.56 Å². The summed E-state index contributed by atoms with van der Waals surface area (Å²) in [6.07, 6.45) is 1.56. The predicted molar refractivity (Wildman–Crippen MR) is 62.6 cm³/mol. The van der Waals surface area contributed by atoms with Gasteiger partial charge in [-0.2, -0.15) is 0 Å². The molecule has 2 aromatic rings. The fourth-order valence-corrected chi connectivity index (χ4v) is 2.18. The van der Waals surface area contributed by atoms with Crippen molar-refractivity contribution < 1.29 is 0 Å². The van der Waals surface area contributed by atoms with E-state index in [1.807, 2.05) is 0 Å². The fourth-order valence-electron chi connectivity index (χ4n) is 1.16. The van der Waals surface area contributed by atoms with E-state index in [9.17, 15) is 4.79 Å². The van der Waals surface area contributed by atoms with Crippen molar-refractivity contribution >= 4 is 24.0 Å². The van der Waals surface area contributed by atoms with Crippen molar-refractivity contribution in [3.63, 3.8) is 0 Å². The molecule has 4 nitrogen and oxygen atoms in total. The Morgan fingerprint density at radius 2 is 2.27 bits per heavy atom. The van der Waals surface area contributed by atoms with Crippen LogP contribution in [0.1, 0.15) is 5.82 Å². The standard InChI is InChI=1S/C9H9N3OS2/c1-5-10-3-6(9(13)12(5)2)8-11-7(14)4-15-8/h3-4,14H,1-2H3. The molecule has 0 fully saturated rings. The molecule has 0 N–H and O–H groups in total. The van der Waals surface area contributed by atoms with Gasteiger partial charge in [0.2, 0.25) is 0 Å². The maximum Gasteiger partial charge on any atom is 0.263 e. The van der Waals surface area contributed by atoms with E-state index in [4.69, 9.17) is 0 Å². The van der Waals surface area contributed by atoms with Gasteiger partial charge in [0.05, 0.1) is 5.56 Å². The maximum absolute atomic E-state index is 11.9. The van der Waals surface area contributed by atoms with Crippen molar-refractivity contribution in [1.82, 2.24) is 14.5 Å². The smallest absolute Gasteiger partial charge is 0.263 e. The summed E-state index contributed by atoms with van der Waals surface area (Å²) in [5.74, 6) is 0.686. The summed E-state index contributed by atoms with van der Waals surface area (Å²) in [6.45, 7) is 1.79. The molecule has 6 heteroatoms. The molecule has 0 radical (unpaired) electrons. The van der Waals surface area contributed by atoms with Crippen LogP contribution in [-0.2, 0) is 7.05 Å². The largest absolute Gasteiger partial charge is 0.299 e. The maximum atomic E-state index is 11.9. The molecule has 2 rings (SSSR count). The SMILES string of the molecule is Cc1ncc(-c2nc(S)cs2)c(=O)n1C. The van der Waals surface area contributed by atoms with Crippen molar-refractivity contribution in [3.8, 4) is 10.6 Å². The van der Waals surface area contributed by atoms with Crippen LogP contribution in [-0.4, -0.2) is 14.5 Å². The zero-order valence-electron chi connectivity index (χ0n) is 8.26. The van der Waals surface area contributed by atoms with Crippen molar-refractivity contribution in [2.24, 2.45) is 7.05 Å². The van der Waals surface area contributed by atoms with Gasteiger partial charge in [0.15, 0.2) is 0 Å². The van der Waals surface area contributed by atoms with E-state index < -0.39 is 0 Å². The first-order valence-corrected chi connectivity index (χ1v) is 5.60. The van der Waals surface area contributed by atoms with Gasteiger partial charge < -0.3 is 0 Å². The molecule has 0 unspecified atom stereocenters. The van der Waals surface area contributed by atoms with Gasteiger partial charge in [-0.3, -0.25) is 9.36 Å². The molecule has 0 spiro atoms. The highest BCUT2D eigenvalue weighted by Gasteiger charge is 2.10. The topological polar surface area (TPSA) is 47.8 Å². The van der Waals surface area contributed by atoms with Gasteiger partial charge in [0.25, 0.3) is 5.56 Å². The van der Waals surface area contributed by atoms with Crippen LogP contribution in [0.3, 0.4) is 0 Å². The first kappa shape index (κ1) is 10.4. The average Bonchev–Trinajstić information content (AvgIpc) is 2.61. The highest BCUT2D eigenvalue weighted by Crippen LogP contribution is 2.21. The van der Waals surface area contributed by atoms with Crippen molar-refractivity contribution in [3.05, 3.63) is 27.8 Å². The van der Waals surface area contributed by atoms with Crippen molar-refractivity contribution in [1.29, 1.82) is 0 Å². The molecule has 0 saturated carbocycles. The van der Waals surface area contributed by atoms with Crippen molar-refractivity contribution in [2.75, 3.05) is 0 Å². The Bertz CT molecular complexity index is 559. The van der Waals surface area contributed by atoms with Crippen LogP contribution in [0.2, 0.25) is 0 Å². The summed E-state index contributed by atoms with van der Waals surface area (Å²) in [5, 5.41) is 3.07. The summed E-state index contributed by atoms with van der Waals surface area (Å²) in [5.41, 5.74) is 0.443. The molecule has 0 atom stereocenters.